The van der Waals surface area contributed by atoms with Crippen LogP contribution in [0.1, 0.15) is 6.42 Å². The maximum Gasteiger partial charge on any atom is 0.243 e. The van der Waals surface area contributed by atoms with Gasteiger partial charge in [-0.3, -0.25) is 4.79 Å². The van der Waals surface area contributed by atoms with E-state index in [0.717, 1.165) is 6.42 Å². The van der Waals surface area contributed by atoms with Crippen molar-refractivity contribution in [2.24, 2.45) is 0 Å². The number of hydrogen-bond donors (Lipinski definition) is 1. The lowest BCUT2D eigenvalue weighted by atomic mass is 10.3. The summed E-state index contributed by atoms with van der Waals surface area (Å²) >= 11 is 0. The van der Waals surface area contributed by atoms with Gasteiger partial charge in [-0.15, -0.1) is 13.2 Å². The van der Waals surface area contributed by atoms with Gasteiger partial charge in [-0.25, -0.2) is 0 Å². The first-order valence-electron chi connectivity index (χ1n) is 3.47. The average molecular weight is 151 g/mol. The zero-order valence-electron chi connectivity index (χ0n) is 6.55. The molecule has 2 nitrogen and oxygen atoms in total. The van der Waals surface area contributed by atoms with Crippen molar-refractivity contribution in [3.63, 3.8) is 0 Å². The van der Waals surface area contributed by atoms with E-state index >= 15 is 0 Å². The second-order valence-electron chi connectivity index (χ2n) is 1.96. The fourth-order valence-corrected chi connectivity index (χ4v) is 0.503. The van der Waals surface area contributed by atoms with Crippen LogP contribution in [-0.2, 0) is 4.79 Å². The predicted molar refractivity (Wildman–Crippen MR) is 47.2 cm³/mol. The fourth-order valence-electron chi connectivity index (χ4n) is 0.503. The van der Waals surface area contributed by atoms with E-state index in [-0.39, 0.29) is 5.91 Å². The van der Waals surface area contributed by atoms with Crippen LogP contribution in [0.4, 0.5) is 0 Å². The Kier molecular flexibility index (Phi) is 5.99. The van der Waals surface area contributed by atoms with Crippen LogP contribution in [0.3, 0.4) is 0 Å². The third kappa shape index (κ3) is 6.58. The molecule has 11 heavy (non-hydrogen) atoms. The van der Waals surface area contributed by atoms with Crippen LogP contribution >= 0.6 is 0 Å². The number of nitrogens with one attached hydrogen (secondary N) is 1. The molecule has 0 aliphatic carbocycles. The topological polar surface area (TPSA) is 29.1 Å². The molecule has 0 saturated heterocycles. The Labute approximate surface area is 67.3 Å². The number of rotatable bonds is 5. The van der Waals surface area contributed by atoms with Crippen LogP contribution in [0.2, 0.25) is 0 Å². The van der Waals surface area contributed by atoms with Gasteiger partial charge in [0, 0.05) is 6.54 Å². The van der Waals surface area contributed by atoms with Crippen LogP contribution in [-0.4, -0.2) is 12.5 Å². The van der Waals surface area contributed by atoms with Crippen molar-refractivity contribution in [1.82, 2.24) is 5.32 Å². The van der Waals surface area contributed by atoms with Gasteiger partial charge in [0.25, 0.3) is 0 Å². The molecule has 0 aliphatic rings. The number of amides is 1. The molecular weight excluding hydrogens is 138 g/mol. The van der Waals surface area contributed by atoms with Crippen molar-refractivity contribution in [2.45, 2.75) is 6.42 Å². The van der Waals surface area contributed by atoms with Crippen LogP contribution in [0.25, 0.3) is 0 Å². The van der Waals surface area contributed by atoms with Gasteiger partial charge in [0.05, 0.1) is 0 Å². The molecule has 0 unspecified atom stereocenters. The molecule has 0 heterocycles. The van der Waals surface area contributed by atoms with E-state index in [9.17, 15) is 4.79 Å². The first-order chi connectivity index (χ1) is 5.31. The monoisotopic (exact) mass is 151 g/mol. The molecule has 0 saturated carbocycles. The Morgan fingerprint density at radius 3 is 2.64 bits per heavy atom. The SMILES string of the molecule is C=CCC=CC(=O)NCC=C. The fraction of sp³-hybridized carbons (Fsp3) is 0.222. The highest BCUT2D eigenvalue weighted by molar-refractivity contribution is 5.87. The molecular formula is C9H13NO. The zero-order chi connectivity index (χ0) is 8.53. The van der Waals surface area contributed by atoms with E-state index in [0.29, 0.717) is 6.54 Å². The summed E-state index contributed by atoms with van der Waals surface area (Å²) < 4.78 is 0. The minimum atomic E-state index is -0.0910. The molecule has 0 fully saturated rings. The van der Waals surface area contributed by atoms with Crippen LogP contribution in [0.15, 0.2) is 37.5 Å². The normalized spacial score (nSPS) is 9.45. The maximum atomic E-state index is 10.8. The maximum absolute atomic E-state index is 10.8. The second kappa shape index (κ2) is 6.81. The highest BCUT2D eigenvalue weighted by atomic mass is 16.1. The summed E-state index contributed by atoms with van der Waals surface area (Å²) in [5, 5.41) is 2.61. The standard InChI is InChI=1S/C9H13NO/c1-3-5-6-7-9(11)10-8-4-2/h3-4,6-7H,1-2,5,8H2,(H,10,11). The summed E-state index contributed by atoms with van der Waals surface area (Å²) in [6.45, 7) is 7.51. The minimum absolute atomic E-state index is 0.0910. The summed E-state index contributed by atoms with van der Waals surface area (Å²) in [6, 6.07) is 0. The molecule has 0 aromatic carbocycles. The number of carbonyl (C=O) groups excluding carboxylic acids is 1. The van der Waals surface area contributed by atoms with E-state index in [1.54, 1.807) is 18.2 Å². The third-order valence-corrected chi connectivity index (χ3v) is 0.993. The lowest BCUT2D eigenvalue weighted by Gasteiger charge is -1.93. The summed E-state index contributed by atoms with van der Waals surface area (Å²) in [6.07, 6.45) is 7.34. The van der Waals surface area contributed by atoms with E-state index < -0.39 is 0 Å². The van der Waals surface area contributed by atoms with Gasteiger partial charge in [0.2, 0.25) is 5.91 Å². The second-order valence-corrected chi connectivity index (χ2v) is 1.96. The molecule has 60 valence electrons. The molecule has 1 N–H and O–H groups in total. The summed E-state index contributed by atoms with van der Waals surface area (Å²) in [5.41, 5.74) is 0. The molecule has 2 heteroatoms. The molecule has 0 aliphatic heterocycles. The van der Waals surface area contributed by atoms with Crippen molar-refractivity contribution in [1.29, 1.82) is 0 Å². The van der Waals surface area contributed by atoms with Gasteiger partial charge >= 0.3 is 0 Å². The van der Waals surface area contributed by atoms with Crippen molar-refractivity contribution in [2.75, 3.05) is 6.54 Å². The van der Waals surface area contributed by atoms with E-state index in [1.165, 1.54) is 6.08 Å². The lowest BCUT2D eigenvalue weighted by molar-refractivity contribution is -0.116. The van der Waals surface area contributed by atoms with E-state index in [1.807, 2.05) is 0 Å². The average Bonchev–Trinajstić information content (AvgIpc) is 2.01. The van der Waals surface area contributed by atoms with Crippen molar-refractivity contribution < 1.29 is 4.79 Å². The largest absolute Gasteiger partial charge is 0.349 e. The van der Waals surface area contributed by atoms with Gasteiger partial charge in [0.15, 0.2) is 0 Å². The van der Waals surface area contributed by atoms with Gasteiger partial charge in [-0.05, 0) is 12.5 Å². The highest BCUT2D eigenvalue weighted by Crippen LogP contribution is 1.82. The van der Waals surface area contributed by atoms with Crippen molar-refractivity contribution in [3.8, 4) is 0 Å². The first-order valence-corrected chi connectivity index (χ1v) is 3.47. The number of hydrogen-bond acceptors (Lipinski definition) is 1. The van der Waals surface area contributed by atoms with Gasteiger partial charge in [-0.1, -0.05) is 18.2 Å². The van der Waals surface area contributed by atoms with Crippen LogP contribution in [0.5, 0.6) is 0 Å². The molecule has 0 bridgehead atoms. The summed E-state index contributed by atoms with van der Waals surface area (Å²) in [5.74, 6) is -0.0910. The molecule has 0 radical (unpaired) electrons. The van der Waals surface area contributed by atoms with Crippen LogP contribution < -0.4 is 5.32 Å². The predicted octanol–water partition coefficient (Wildman–Crippen LogP) is 1.42. The zero-order valence-corrected chi connectivity index (χ0v) is 6.55. The minimum Gasteiger partial charge on any atom is -0.349 e. The quantitative estimate of drug-likeness (QED) is 0.467. The third-order valence-electron chi connectivity index (χ3n) is 0.993. The van der Waals surface area contributed by atoms with E-state index in [2.05, 4.69) is 18.5 Å². The summed E-state index contributed by atoms with van der Waals surface area (Å²) in [7, 11) is 0. The Morgan fingerprint density at radius 1 is 1.36 bits per heavy atom. The Bertz CT molecular complexity index is 170. The highest BCUT2D eigenvalue weighted by Gasteiger charge is 1.88. The van der Waals surface area contributed by atoms with Crippen molar-refractivity contribution >= 4 is 5.91 Å². The Morgan fingerprint density at radius 2 is 2.09 bits per heavy atom. The first kappa shape index (κ1) is 9.69. The molecule has 1 amide bonds. The molecule has 0 spiro atoms. The van der Waals surface area contributed by atoms with Gasteiger partial charge in [-0.2, -0.15) is 0 Å². The lowest BCUT2D eigenvalue weighted by Crippen LogP contribution is -2.20. The number of carbonyl (C=O) groups is 1. The van der Waals surface area contributed by atoms with E-state index in [4.69, 9.17) is 0 Å². The van der Waals surface area contributed by atoms with Crippen LogP contribution in [0, 0.1) is 0 Å². The van der Waals surface area contributed by atoms with Gasteiger partial charge in [0.1, 0.15) is 0 Å². The molecule has 0 rings (SSSR count). The van der Waals surface area contributed by atoms with Gasteiger partial charge < -0.3 is 5.32 Å². The summed E-state index contributed by atoms with van der Waals surface area (Å²) in [4.78, 5) is 10.8. The Hall–Kier alpha value is -1.31. The smallest absolute Gasteiger partial charge is 0.243 e. The molecule has 0 aromatic heterocycles. The Balaban J connectivity index is 3.50. The number of allylic oxidation sites excluding steroid dienone is 2. The van der Waals surface area contributed by atoms with Crippen molar-refractivity contribution in [3.05, 3.63) is 37.5 Å². The molecule has 0 aromatic rings. The molecule has 0 atom stereocenters.